The van der Waals surface area contributed by atoms with Gasteiger partial charge in [0.25, 0.3) is 0 Å². The molecule has 1 aliphatic heterocycles. The Morgan fingerprint density at radius 3 is 3.00 bits per heavy atom. The summed E-state index contributed by atoms with van der Waals surface area (Å²) in [5, 5.41) is 8.54. The minimum atomic E-state index is -0.858. The van der Waals surface area contributed by atoms with E-state index in [0.717, 1.165) is 6.42 Å². The zero-order chi connectivity index (χ0) is 12.7. The first kappa shape index (κ1) is 13.8. The molecule has 0 aromatic rings. The van der Waals surface area contributed by atoms with Gasteiger partial charge in [-0.25, -0.2) is 4.79 Å². The first-order chi connectivity index (χ1) is 8.13. The lowest BCUT2D eigenvalue weighted by molar-refractivity contribution is -0.137. The number of carbonyl (C=O) groups is 2. The van der Waals surface area contributed by atoms with Crippen molar-refractivity contribution >= 4 is 12.1 Å². The molecule has 1 N–H and O–H groups in total. The normalized spacial score (nSPS) is 20.2. The second-order valence-corrected chi connectivity index (χ2v) is 4.06. The Hall–Kier alpha value is -1.30. The number of hydrogen-bond donors (Lipinski definition) is 1. The van der Waals surface area contributed by atoms with Crippen molar-refractivity contribution in [3.63, 3.8) is 0 Å². The zero-order valence-electron chi connectivity index (χ0n) is 10.1. The first-order valence-corrected chi connectivity index (χ1v) is 5.79. The van der Waals surface area contributed by atoms with Crippen LogP contribution in [-0.4, -0.2) is 55.0 Å². The predicted octanol–water partition coefficient (Wildman–Crippen LogP) is 1.10. The summed E-state index contributed by atoms with van der Waals surface area (Å²) in [4.78, 5) is 23.6. The number of amides is 1. The molecule has 0 saturated carbocycles. The highest BCUT2D eigenvalue weighted by atomic mass is 16.6. The zero-order valence-corrected chi connectivity index (χ0v) is 10.1. The van der Waals surface area contributed by atoms with E-state index in [-0.39, 0.29) is 18.6 Å². The van der Waals surface area contributed by atoms with Crippen molar-refractivity contribution in [2.45, 2.75) is 31.8 Å². The molecule has 1 heterocycles. The van der Waals surface area contributed by atoms with E-state index in [2.05, 4.69) is 0 Å². The van der Waals surface area contributed by atoms with Crippen molar-refractivity contribution in [3.05, 3.63) is 0 Å². The van der Waals surface area contributed by atoms with E-state index >= 15 is 0 Å². The van der Waals surface area contributed by atoms with E-state index < -0.39 is 5.97 Å². The first-order valence-electron chi connectivity index (χ1n) is 5.79. The number of carbonyl (C=O) groups excluding carboxylic acids is 1. The van der Waals surface area contributed by atoms with Gasteiger partial charge in [0.15, 0.2) is 0 Å². The van der Waals surface area contributed by atoms with Crippen LogP contribution in [0.25, 0.3) is 0 Å². The molecule has 0 bridgehead atoms. The van der Waals surface area contributed by atoms with Crippen LogP contribution in [0.2, 0.25) is 0 Å². The van der Waals surface area contributed by atoms with E-state index in [4.69, 9.17) is 14.6 Å². The fraction of sp³-hybridized carbons (Fsp3) is 0.818. The molecule has 0 aromatic carbocycles. The Balaban J connectivity index is 2.24. The summed E-state index contributed by atoms with van der Waals surface area (Å²) in [6.45, 7) is 1.87. The highest BCUT2D eigenvalue weighted by Gasteiger charge is 2.26. The van der Waals surface area contributed by atoms with Crippen molar-refractivity contribution in [1.29, 1.82) is 0 Å². The molecule has 0 aliphatic carbocycles. The number of cyclic esters (lactones) is 1. The summed E-state index contributed by atoms with van der Waals surface area (Å²) in [7, 11) is 1.62. The Bertz CT molecular complexity index is 269. The van der Waals surface area contributed by atoms with Crippen molar-refractivity contribution in [2.24, 2.45) is 0 Å². The molecule has 1 fully saturated rings. The molecular weight excluding hydrogens is 226 g/mol. The average Bonchev–Trinajstić information content (AvgIpc) is 2.29. The molecule has 1 aliphatic rings. The van der Waals surface area contributed by atoms with Gasteiger partial charge in [0.1, 0.15) is 6.10 Å². The van der Waals surface area contributed by atoms with Gasteiger partial charge in [0, 0.05) is 39.6 Å². The maximum absolute atomic E-state index is 11.6. The molecular formula is C11H19NO5. The van der Waals surface area contributed by atoms with Crippen LogP contribution in [0.15, 0.2) is 0 Å². The summed E-state index contributed by atoms with van der Waals surface area (Å²) in [5.41, 5.74) is 0. The van der Waals surface area contributed by atoms with Crippen LogP contribution in [0.4, 0.5) is 4.79 Å². The number of hydrogen-bond acceptors (Lipinski definition) is 4. The molecule has 0 spiro atoms. The van der Waals surface area contributed by atoms with E-state index in [1.165, 1.54) is 0 Å². The number of aliphatic carboxylic acids is 1. The summed E-state index contributed by atoms with van der Waals surface area (Å²) in [5.74, 6) is -0.858. The highest BCUT2D eigenvalue weighted by molar-refractivity contribution is 5.69. The van der Waals surface area contributed by atoms with Crippen LogP contribution in [0, 0.1) is 0 Å². The second-order valence-electron chi connectivity index (χ2n) is 4.06. The van der Waals surface area contributed by atoms with E-state index in [1.54, 1.807) is 12.0 Å². The minimum absolute atomic E-state index is 0.0433. The number of ether oxygens (including phenoxy) is 2. The van der Waals surface area contributed by atoms with Gasteiger partial charge in [-0.05, 0) is 12.8 Å². The van der Waals surface area contributed by atoms with Crippen LogP contribution in [0.1, 0.15) is 25.7 Å². The topological polar surface area (TPSA) is 76.1 Å². The smallest absolute Gasteiger partial charge is 0.410 e. The fourth-order valence-corrected chi connectivity index (χ4v) is 1.76. The Morgan fingerprint density at radius 2 is 2.41 bits per heavy atom. The Labute approximate surface area is 100 Å². The van der Waals surface area contributed by atoms with Gasteiger partial charge in [-0.3, -0.25) is 4.79 Å². The van der Waals surface area contributed by atoms with Crippen LogP contribution in [0.3, 0.4) is 0 Å². The molecule has 1 saturated heterocycles. The van der Waals surface area contributed by atoms with Crippen molar-refractivity contribution < 1.29 is 24.2 Å². The van der Waals surface area contributed by atoms with Crippen LogP contribution >= 0.6 is 0 Å². The van der Waals surface area contributed by atoms with Gasteiger partial charge in [0.2, 0.25) is 0 Å². The summed E-state index contributed by atoms with van der Waals surface area (Å²) in [6, 6.07) is 0. The lowest BCUT2D eigenvalue weighted by atomic mass is 10.1. The molecule has 0 aromatic heterocycles. The second kappa shape index (κ2) is 7.11. The predicted molar refractivity (Wildman–Crippen MR) is 59.8 cm³/mol. The molecule has 1 rings (SSSR count). The van der Waals surface area contributed by atoms with Gasteiger partial charge in [-0.1, -0.05) is 0 Å². The van der Waals surface area contributed by atoms with Crippen molar-refractivity contribution in [2.75, 3.05) is 26.8 Å². The number of carboxylic acid groups (broad SMARTS) is 1. The van der Waals surface area contributed by atoms with E-state index in [1.807, 2.05) is 0 Å². The molecule has 6 heteroatoms. The van der Waals surface area contributed by atoms with Crippen LogP contribution in [-0.2, 0) is 14.3 Å². The highest BCUT2D eigenvalue weighted by Crippen LogP contribution is 2.16. The van der Waals surface area contributed by atoms with Gasteiger partial charge < -0.3 is 19.5 Å². The number of nitrogens with zero attached hydrogens (tertiary/aromatic N) is 1. The van der Waals surface area contributed by atoms with Gasteiger partial charge in [0.05, 0.1) is 0 Å². The summed E-state index contributed by atoms with van der Waals surface area (Å²) in [6.07, 6.45) is 1.33. The molecule has 0 radical (unpaired) electrons. The molecule has 6 nitrogen and oxygen atoms in total. The number of carboxylic acids is 1. The summed E-state index contributed by atoms with van der Waals surface area (Å²) >= 11 is 0. The lowest BCUT2D eigenvalue weighted by Gasteiger charge is -2.31. The maximum atomic E-state index is 11.6. The third kappa shape index (κ3) is 5.04. The SMILES string of the molecule is COCCCN1CCC(CCC(=O)O)OC1=O. The largest absolute Gasteiger partial charge is 0.481 e. The molecule has 1 amide bonds. The number of methoxy groups -OCH3 is 1. The molecule has 98 valence electrons. The monoisotopic (exact) mass is 245 g/mol. The maximum Gasteiger partial charge on any atom is 0.410 e. The van der Waals surface area contributed by atoms with Crippen molar-refractivity contribution in [3.8, 4) is 0 Å². The third-order valence-corrected chi connectivity index (χ3v) is 2.70. The van der Waals surface area contributed by atoms with Crippen LogP contribution < -0.4 is 0 Å². The van der Waals surface area contributed by atoms with Gasteiger partial charge in [-0.15, -0.1) is 0 Å². The quantitative estimate of drug-likeness (QED) is 0.680. The number of rotatable bonds is 7. The third-order valence-electron chi connectivity index (χ3n) is 2.70. The lowest BCUT2D eigenvalue weighted by Crippen LogP contribution is -2.42. The van der Waals surface area contributed by atoms with E-state index in [9.17, 15) is 9.59 Å². The van der Waals surface area contributed by atoms with Gasteiger partial charge in [-0.2, -0.15) is 0 Å². The Morgan fingerprint density at radius 1 is 1.65 bits per heavy atom. The van der Waals surface area contributed by atoms with Crippen LogP contribution in [0.5, 0.6) is 0 Å². The molecule has 1 unspecified atom stereocenters. The minimum Gasteiger partial charge on any atom is -0.481 e. The standard InChI is InChI=1S/C11H19NO5/c1-16-8-2-6-12-7-5-9(17-11(12)15)3-4-10(13)14/h9H,2-8H2,1H3,(H,13,14). The fourth-order valence-electron chi connectivity index (χ4n) is 1.76. The van der Waals surface area contributed by atoms with Crippen molar-refractivity contribution in [1.82, 2.24) is 4.90 Å². The molecule has 1 atom stereocenters. The van der Waals surface area contributed by atoms with E-state index in [0.29, 0.717) is 32.5 Å². The van der Waals surface area contributed by atoms with Gasteiger partial charge >= 0.3 is 12.1 Å². The summed E-state index contributed by atoms with van der Waals surface area (Å²) < 4.78 is 10.1. The Kier molecular flexibility index (Phi) is 5.76. The molecule has 17 heavy (non-hydrogen) atoms. The average molecular weight is 245 g/mol.